The quantitative estimate of drug-likeness (QED) is 0.563. The molecule has 1 N–H and O–H groups in total. The van der Waals surface area contributed by atoms with Crippen molar-refractivity contribution in [3.8, 4) is 11.5 Å². The van der Waals surface area contributed by atoms with Gasteiger partial charge < -0.3 is 19.3 Å². The van der Waals surface area contributed by atoms with Crippen LogP contribution < -0.4 is 9.47 Å². The molecule has 0 radical (unpaired) electrons. The summed E-state index contributed by atoms with van der Waals surface area (Å²) in [6.07, 6.45) is 0. The summed E-state index contributed by atoms with van der Waals surface area (Å²) in [5.74, 6) is 1.31. The standard InChI is InChI=1S/C18H22N2O4/c1-14-5-3-4-6-17(14)20-19-12-15-11-16(23-10-9-21)7-8-18(15)24-13-22-2/h3-8,11,21H,9-10,12-13H2,1-2H3. The van der Waals surface area contributed by atoms with Crippen LogP contribution in [0.15, 0.2) is 52.7 Å². The van der Waals surface area contributed by atoms with Crippen molar-refractivity contribution in [2.45, 2.75) is 13.5 Å². The highest BCUT2D eigenvalue weighted by Gasteiger charge is 2.06. The molecule has 0 heterocycles. The molecule has 2 aromatic carbocycles. The van der Waals surface area contributed by atoms with Gasteiger partial charge in [-0.25, -0.2) is 0 Å². The van der Waals surface area contributed by atoms with Gasteiger partial charge in [-0.2, -0.15) is 10.2 Å². The molecule has 6 heteroatoms. The van der Waals surface area contributed by atoms with Crippen molar-refractivity contribution in [2.75, 3.05) is 27.1 Å². The molecule has 0 amide bonds. The number of aliphatic hydroxyl groups excluding tert-OH is 1. The minimum absolute atomic E-state index is 0.0374. The van der Waals surface area contributed by atoms with Crippen LogP contribution in [0.1, 0.15) is 11.1 Å². The van der Waals surface area contributed by atoms with Gasteiger partial charge in [0.2, 0.25) is 0 Å². The highest BCUT2D eigenvalue weighted by Crippen LogP contribution is 2.26. The van der Waals surface area contributed by atoms with E-state index in [1.165, 1.54) is 0 Å². The summed E-state index contributed by atoms with van der Waals surface area (Å²) in [6.45, 7) is 2.69. The zero-order valence-corrected chi connectivity index (χ0v) is 13.9. The Kier molecular flexibility index (Phi) is 7.20. The van der Waals surface area contributed by atoms with E-state index in [0.717, 1.165) is 16.8 Å². The average Bonchev–Trinajstić information content (AvgIpc) is 2.60. The number of hydrogen-bond donors (Lipinski definition) is 1. The first-order valence-electron chi connectivity index (χ1n) is 7.66. The Hall–Kier alpha value is -2.44. The Morgan fingerprint density at radius 1 is 1.08 bits per heavy atom. The van der Waals surface area contributed by atoms with Gasteiger partial charge in [-0.05, 0) is 36.8 Å². The summed E-state index contributed by atoms with van der Waals surface area (Å²) in [5.41, 5.74) is 2.74. The second-order valence-electron chi connectivity index (χ2n) is 5.08. The molecule has 0 aliphatic heterocycles. The van der Waals surface area contributed by atoms with Crippen LogP contribution in [0.2, 0.25) is 0 Å². The number of methoxy groups -OCH3 is 1. The van der Waals surface area contributed by atoms with Crippen molar-refractivity contribution in [1.82, 2.24) is 0 Å². The van der Waals surface area contributed by atoms with Crippen LogP contribution in [0.3, 0.4) is 0 Å². The van der Waals surface area contributed by atoms with Gasteiger partial charge in [0.15, 0.2) is 6.79 Å². The summed E-state index contributed by atoms with van der Waals surface area (Å²) >= 11 is 0. The SMILES string of the molecule is COCOc1ccc(OCCO)cc1CN=Nc1ccccc1C. The molecule has 6 nitrogen and oxygen atoms in total. The zero-order valence-electron chi connectivity index (χ0n) is 13.9. The molecule has 24 heavy (non-hydrogen) atoms. The van der Waals surface area contributed by atoms with Crippen molar-refractivity contribution in [3.63, 3.8) is 0 Å². The number of aryl methyl sites for hydroxylation is 1. The fourth-order valence-electron chi connectivity index (χ4n) is 2.06. The number of azo groups is 1. The molecular formula is C18H22N2O4. The molecule has 0 unspecified atom stereocenters. The van der Waals surface area contributed by atoms with Gasteiger partial charge in [0.05, 0.1) is 18.8 Å². The fraction of sp³-hybridized carbons (Fsp3) is 0.333. The third-order valence-electron chi connectivity index (χ3n) is 3.26. The van der Waals surface area contributed by atoms with Crippen molar-refractivity contribution in [3.05, 3.63) is 53.6 Å². The lowest BCUT2D eigenvalue weighted by molar-refractivity contribution is 0.0503. The third-order valence-corrected chi connectivity index (χ3v) is 3.26. The van der Waals surface area contributed by atoms with Crippen LogP contribution in [0.25, 0.3) is 0 Å². The topological polar surface area (TPSA) is 72.6 Å². The predicted molar refractivity (Wildman–Crippen MR) is 90.9 cm³/mol. The second kappa shape index (κ2) is 9.64. The minimum atomic E-state index is -0.0374. The van der Waals surface area contributed by atoms with E-state index in [0.29, 0.717) is 18.0 Å². The lowest BCUT2D eigenvalue weighted by atomic mass is 10.2. The zero-order chi connectivity index (χ0) is 17.2. The van der Waals surface area contributed by atoms with Gasteiger partial charge >= 0.3 is 0 Å². The van der Waals surface area contributed by atoms with Gasteiger partial charge in [-0.1, -0.05) is 18.2 Å². The molecular weight excluding hydrogens is 308 g/mol. The maximum atomic E-state index is 8.86. The van der Waals surface area contributed by atoms with Crippen LogP contribution in [0.5, 0.6) is 11.5 Å². The first kappa shape index (κ1) is 17.9. The van der Waals surface area contributed by atoms with Gasteiger partial charge in [0.1, 0.15) is 18.1 Å². The van der Waals surface area contributed by atoms with E-state index >= 15 is 0 Å². The van der Waals surface area contributed by atoms with Crippen LogP contribution in [0, 0.1) is 6.92 Å². The average molecular weight is 330 g/mol. The van der Waals surface area contributed by atoms with E-state index in [9.17, 15) is 0 Å². The number of rotatable bonds is 9. The van der Waals surface area contributed by atoms with Gasteiger partial charge in [0.25, 0.3) is 0 Å². The van der Waals surface area contributed by atoms with Crippen LogP contribution >= 0.6 is 0 Å². The van der Waals surface area contributed by atoms with Gasteiger partial charge in [-0.15, -0.1) is 0 Å². The Bertz CT molecular complexity index is 674. The van der Waals surface area contributed by atoms with Crippen molar-refractivity contribution in [1.29, 1.82) is 0 Å². The van der Waals surface area contributed by atoms with E-state index in [4.69, 9.17) is 19.3 Å². The number of hydrogen-bond acceptors (Lipinski definition) is 6. The van der Waals surface area contributed by atoms with Crippen molar-refractivity contribution >= 4 is 5.69 Å². The van der Waals surface area contributed by atoms with Crippen LogP contribution in [-0.4, -0.2) is 32.2 Å². The Morgan fingerprint density at radius 2 is 1.92 bits per heavy atom. The summed E-state index contributed by atoms with van der Waals surface area (Å²) in [4.78, 5) is 0. The third kappa shape index (κ3) is 5.33. The molecule has 0 fully saturated rings. The summed E-state index contributed by atoms with van der Waals surface area (Å²) in [7, 11) is 1.57. The second-order valence-corrected chi connectivity index (χ2v) is 5.08. The first-order chi connectivity index (χ1) is 11.7. The largest absolute Gasteiger partial charge is 0.491 e. The van der Waals surface area contributed by atoms with Gasteiger partial charge in [-0.3, -0.25) is 0 Å². The highest BCUT2D eigenvalue weighted by molar-refractivity contribution is 5.44. The lowest BCUT2D eigenvalue weighted by Crippen LogP contribution is -2.04. The highest BCUT2D eigenvalue weighted by atomic mass is 16.7. The molecule has 128 valence electrons. The van der Waals surface area contributed by atoms with E-state index in [1.54, 1.807) is 19.2 Å². The summed E-state index contributed by atoms with van der Waals surface area (Å²) < 4.78 is 15.9. The maximum absolute atomic E-state index is 8.86. The minimum Gasteiger partial charge on any atom is -0.491 e. The first-order valence-corrected chi connectivity index (χ1v) is 7.66. The molecule has 0 spiro atoms. The van der Waals surface area contributed by atoms with Crippen molar-refractivity contribution in [2.24, 2.45) is 10.2 Å². The number of aliphatic hydroxyl groups is 1. The molecule has 2 aromatic rings. The number of ether oxygens (including phenoxy) is 3. The molecule has 0 aliphatic rings. The van der Waals surface area contributed by atoms with E-state index in [-0.39, 0.29) is 20.0 Å². The van der Waals surface area contributed by atoms with Crippen LogP contribution in [0.4, 0.5) is 5.69 Å². The fourth-order valence-corrected chi connectivity index (χ4v) is 2.06. The Labute approximate surface area is 141 Å². The molecule has 0 bridgehead atoms. The van der Waals surface area contributed by atoms with Gasteiger partial charge in [0, 0.05) is 12.7 Å². The Balaban J connectivity index is 2.13. The van der Waals surface area contributed by atoms with E-state index < -0.39 is 0 Å². The lowest BCUT2D eigenvalue weighted by Gasteiger charge is -2.11. The molecule has 0 saturated heterocycles. The van der Waals surface area contributed by atoms with E-state index in [2.05, 4.69) is 10.2 Å². The van der Waals surface area contributed by atoms with Crippen molar-refractivity contribution < 1.29 is 19.3 Å². The molecule has 2 rings (SSSR count). The smallest absolute Gasteiger partial charge is 0.188 e. The molecule has 0 atom stereocenters. The molecule has 0 aromatic heterocycles. The Morgan fingerprint density at radius 3 is 2.67 bits per heavy atom. The number of benzene rings is 2. The predicted octanol–water partition coefficient (Wildman–Crippen LogP) is 3.63. The summed E-state index contributed by atoms with van der Waals surface area (Å²) in [5, 5.41) is 17.4. The number of nitrogens with zero attached hydrogens (tertiary/aromatic N) is 2. The monoisotopic (exact) mass is 330 g/mol. The molecule has 0 saturated carbocycles. The summed E-state index contributed by atoms with van der Waals surface area (Å²) in [6, 6.07) is 13.2. The normalized spacial score (nSPS) is 11.0. The van der Waals surface area contributed by atoms with E-state index in [1.807, 2.05) is 37.3 Å². The molecule has 0 aliphatic carbocycles. The maximum Gasteiger partial charge on any atom is 0.188 e. The van der Waals surface area contributed by atoms with Crippen LogP contribution in [-0.2, 0) is 11.3 Å².